The monoisotopic (exact) mass is 434 g/mol. The van der Waals surface area contributed by atoms with E-state index in [9.17, 15) is 0 Å². The Balaban J connectivity index is 1.69. The van der Waals surface area contributed by atoms with E-state index in [1.54, 1.807) is 0 Å². The summed E-state index contributed by atoms with van der Waals surface area (Å²) in [6.45, 7) is 14.1. The molecule has 0 fully saturated rings. The number of fused-ring (bicyclic) bond motifs is 1. The largest absolute Gasteiger partial charge is 0.259 e. The molecular formula is C26H30N2S2. The number of allylic oxidation sites excluding steroid dienone is 1. The molecule has 0 aliphatic carbocycles. The van der Waals surface area contributed by atoms with E-state index in [2.05, 4.69) is 90.1 Å². The van der Waals surface area contributed by atoms with Gasteiger partial charge in [0.25, 0.3) is 0 Å². The lowest BCUT2D eigenvalue weighted by Gasteiger charge is -2.16. The molecule has 0 N–H and O–H groups in total. The van der Waals surface area contributed by atoms with Crippen molar-refractivity contribution in [1.82, 2.24) is 0 Å². The Morgan fingerprint density at radius 1 is 0.800 bits per heavy atom. The number of hydrogen-bond donors (Lipinski definition) is 0. The van der Waals surface area contributed by atoms with E-state index in [0.717, 1.165) is 17.1 Å². The Morgan fingerprint density at radius 2 is 1.40 bits per heavy atom. The van der Waals surface area contributed by atoms with Crippen LogP contribution in [0.3, 0.4) is 0 Å². The Kier molecular flexibility index (Phi) is 5.58. The highest BCUT2D eigenvalue weighted by Crippen LogP contribution is 2.32. The number of hydrogen-bond acceptors (Lipinski definition) is 4. The summed E-state index contributed by atoms with van der Waals surface area (Å²) in [6.07, 6.45) is 5.59. The van der Waals surface area contributed by atoms with Crippen LogP contribution in [0.25, 0.3) is 27.0 Å². The maximum Gasteiger partial charge on any atom is 0.130 e. The van der Waals surface area contributed by atoms with Crippen molar-refractivity contribution in [3.63, 3.8) is 0 Å². The van der Waals surface area contributed by atoms with Crippen LogP contribution in [0.5, 0.6) is 0 Å². The molecule has 2 aromatic heterocycles. The average Bonchev–Trinajstić information content (AvgIpc) is 3.37. The van der Waals surface area contributed by atoms with Gasteiger partial charge >= 0.3 is 0 Å². The van der Waals surface area contributed by atoms with Gasteiger partial charge in [-0.2, -0.15) is 0 Å². The van der Waals surface area contributed by atoms with Gasteiger partial charge in [0, 0.05) is 30.6 Å². The molecule has 3 aromatic rings. The minimum atomic E-state index is 0.188. The predicted molar refractivity (Wildman–Crippen MR) is 132 cm³/mol. The van der Waals surface area contributed by atoms with Crippen molar-refractivity contribution in [2.45, 2.75) is 48.0 Å². The molecule has 0 amide bonds. The third-order valence-corrected chi connectivity index (χ3v) is 7.08. The van der Waals surface area contributed by atoms with Crippen LogP contribution in [-0.4, -0.2) is 6.67 Å². The summed E-state index contributed by atoms with van der Waals surface area (Å²) in [7, 11) is 0. The summed E-state index contributed by atoms with van der Waals surface area (Å²) in [5.41, 5.74) is 2.89. The fraction of sp³-hybridized carbons (Fsp3) is 0.385. The van der Waals surface area contributed by atoms with Crippen LogP contribution in [0.1, 0.15) is 51.3 Å². The van der Waals surface area contributed by atoms with Crippen molar-refractivity contribution in [2.75, 3.05) is 6.67 Å². The minimum absolute atomic E-state index is 0.188. The molecule has 3 heterocycles. The molecule has 0 spiro atoms. The van der Waals surface area contributed by atoms with Gasteiger partial charge in [-0.1, -0.05) is 59.8 Å². The van der Waals surface area contributed by atoms with Gasteiger partial charge in [0.1, 0.15) is 6.67 Å². The minimum Gasteiger partial charge on any atom is -0.259 e. The molecular weight excluding hydrogens is 404 g/mol. The molecule has 156 valence electrons. The standard InChI is InChI=1S/C26H30N2S2/c1-25(2,3)14-13-17-7-11-21(29-17)19-9-10-20(24-23(19)27-16-28-24)22-12-8-18(30-22)15-26(4,5)6/h7-14H,15-16H2,1-6H3/b14-13+. The summed E-state index contributed by atoms with van der Waals surface area (Å²) in [5.74, 6) is 0. The smallest absolute Gasteiger partial charge is 0.130 e. The maximum absolute atomic E-state index is 4.75. The van der Waals surface area contributed by atoms with E-state index < -0.39 is 0 Å². The van der Waals surface area contributed by atoms with Crippen molar-refractivity contribution in [1.29, 1.82) is 0 Å². The third-order valence-electron chi connectivity index (χ3n) is 4.88. The van der Waals surface area contributed by atoms with Gasteiger partial charge in [-0.05, 0) is 47.6 Å². The van der Waals surface area contributed by atoms with Gasteiger partial charge in [-0.15, -0.1) is 22.7 Å². The first kappa shape index (κ1) is 21.2. The zero-order valence-electron chi connectivity index (χ0n) is 18.7. The van der Waals surface area contributed by atoms with Crippen molar-refractivity contribution in [3.8, 4) is 20.9 Å². The highest BCUT2D eigenvalue weighted by Gasteiger charge is 2.17. The van der Waals surface area contributed by atoms with Crippen LogP contribution in [-0.2, 0) is 6.42 Å². The van der Waals surface area contributed by atoms with Gasteiger partial charge in [0.2, 0.25) is 0 Å². The highest BCUT2D eigenvalue weighted by atomic mass is 32.1. The van der Waals surface area contributed by atoms with Gasteiger partial charge in [0.15, 0.2) is 0 Å². The summed E-state index contributed by atoms with van der Waals surface area (Å²) >= 11 is 3.70. The number of rotatable bonds is 4. The molecule has 0 radical (unpaired) electrons. The first-order valence-corrected chi connectivity index (χ1v) is 12.1. The van der Waals surface area contributed by atoms with E-state index in [4.69, 9.17) is 9.98 Å². The lowest BCUT2D eigenvalue weighted by atomic mass is 9.92. The molecule has 0 bridgehead atoms. The normalized spacial score (nSPS) is 14.1. The number of thiophene rings is 2. The highest BCUT2D eigenvalue weighted by molar-refractivity contribution is 7.16. The van der Waals surface area contributed by atoms with E-state index in [-0.39, 0.29) is 5.41 Å². The van der Waals surface area contributed by atoms with Crippen molar-refractivity contribution in [2.24, 2.45) is 20.8 Å². The zero-order valence-corrected chi connectivity index (χ0v) is 20.4. The Morgan fingerprint density at radius 3 is 2.00 bits per heavy atom. The molecule has 2 nitrogen and oxygen atoms in total. The Labute approximate surface area is 187 Å². The van der Waals surface area contributed by atoms with Crippen LogP contribution in [0.15, 0.2) is 52.5 Å². The van der Waals surface area contributed by atoms with Crippen LogP contribution in [0.2, 0.25) is 0 Å². The molecule has 0 saturated heterocycles. The first-order chi connectivity index (χ1) is 14.1. The van der Waals surface area contributed by atoms with Crippen LogP contribution in [0, 0.1) is 10.8 Å². The molecule has 1 aromatic carbocycles. The fourth-order valence-electron chi connectivity index (χ4n) is 3.53. The van der Waals surface area contributed by atoms with Gasteiger partial charge in [0.05, 0.1) is 10.7 Å². The maximum atomic E-state index is 4.75. The van der Waals surface area contributed by atoms with Crippen LogP contribution >= 0.6 is 22.7 Å². The summed E-state index contributed by atoms with van der Waals surface area (Å²) in [4.78, 5) is 14.8. The Hall–Kier alpha value is -2.04. The summed E-state index contributed by atoms with van der Waals surface area (Å²) < 4.78 is 0. The Bertz CT molecular complexity index is 1210. The number of nitrogens with zero attached hydrogens (tertiary/aromatic N) is 2. The number of benzene rings is 1. The topological polar surface area (TPSA) is 24.7 Å². The second-order valence-corrected chi connectivity index (χ2v) is 12.5. The summed E-state index contributed by atoms with van der Waals surface area (Å²) in [5, 5.41) is 2.10. The zero-order chi connectivity index (χ0) is 21.5. The van der Waals surface area contributed by atoms with Crippen LogP contribution < -0.4 is 10.7 Å². The summed E-state index contributed by atoms with van der Waals surface area (Å²) in [6, 6.07) is 13.4. The predicted octanol–water partition coefficient (Wildman–Crippen LogP) is 7.00. The SMILES string of the molecule is CC(C)(C)/C=C/c1ccc(-c2ccc(-c3ccc(CC(C)(C)C)s3)c3c2=NCN=3)s1. The second-order valence-electron chi connectivity index (χ2n) is 10.2. The van der Waals surface area contributed by atoms with Gasteiger partial charge in [-0.3, -0.25) is 9.98 Å². The average molecular weight is 435 g/mol. The molecule has 1 aliphatic heterocycles. The molecule has 30 heavy (non-hydrogen) atoms. The molecule has 4 rings (SSSR count). The molecule has 0 saturated carbocycles. The lowest BCUT2D eigenvalue weighted by molar-refractivity contribution is 0.414. The molecule has 1 aliphatic rings. The van der Waals surface area contributed by atoms with Gasteiger partial charge < -0.3 is 0 Å². The van der Waals surface area contributed by atoms with E-state index in [1.165, 1.54) is 30.6 Å². The van der Waals surface area contributed by atoms with E-state index >= 15 is 0 Å². The molecule has 4 heteroatoms. The van der Waals surface area contributed by atoms with Crippen molar-refractivity contribution in [3.05, 3.63) is 62.9 Å². The van der Waals surface area contributed by atoms with Crippen LogP contribution in [0.4, 0.5) is 0 Å². The second kappa shape index (κ2) is 7.90. The fourth-order valence-corrected chi connectivity index (χ4v) is 5.81. The van der Waals surface area contributed by atoms with E-state index in [0.29, 0.717) is 12.1 Å². The van der Waals surface area contributed by atoms with Crippen molar-refractivity contribution < 1.29 is 0 Å². The molecule has 0 atom stereocenters. The first-order valence-electron chi connectivity index (χ1n) is 10.5. The van der Waals surface area contributed by atoms with Crippen molar-refractivity contribution >= 4 is 28.7 Å². The van der Waals surface area contributed by atoms with Gasteiger partial charge in [-0.25, -0.2) is 0 Å². The molecule has 0 unspecified atom stereocenters. The lowest BCUT2D eigenvalue weighted by Crippen LogP contribution is -2.25. The quantitative estimate of drug-likeness (QED) is 0.422. The van der Waals surface area contributed by atoms with E-state index in [1.807, 2.05) is 22.7 Å². The third kappa shape index (κ3) is 4.81.